The van der Waals surface area contributed by atoms with Crippen molar-refractivity contribution in [3.63, 3.8) is 0 Å². The van der Waals surface area contributed by atoms with Crippen LogP contribution >= 0.6 is 0 Å². The summed E-state index contributed by atoms with van der Waals surface area (Å²) in [5.74, 6) is -0.331. The van der Waals surface area contributed by atoms with Gasteiger partial charge in [-0.05, 0) is 37.3 Å². The number of H-pyrrole nitrogens is 1. The molecule has 0 radical (unpaired) electrons. The number of hydrogen-bond acceptors (Lipinski definition) is 2. The lowest BCUT2D eigenvalue weighted by atomic mass is 10.0. The first-order valence-corrected chi connectivity index (χ1v) is 10.3. The van der Waals surface area contributed by atoms with Gasteiger partial charge < -0.3 is 26.7 Å². The molecule has 32 heavy (non-hydrogen) atoms. The number of aryl methyl sites for hydroxylation is 1. The minimum Gasteiger partial charge on any atom is -1.00 e. The number of aromatic nitrogens is 2. The Morgan fingerprint density at radius 2 is 1.62 bits per heavy atom. The molecule has 5 aromatic rings. The second-order valence-corrected chi connectivity index (χ2v) is 7.81. The van der Waals surface area contributed by atoms with Gasteiger partial charge in [-0.1, -0.05) is 48.0 Å². The fourth-order valence-corrected chi connectivity index (χ4v) is 4.12. The first-order valence-electron chi connectivity index (χ1n) is 10.3. The fourth-order valence-electron chi connectivity index (χ4n) is 4.12. The highest BCUT2D eigenvalue weighted by Gasteiger charge is 2.21. The van der Waals surface area contributed by atoms with Crippen LogP contribution in [-0.4, -0.2) is 18.1 Å². The Kier molecular flexibility index (Phi) is 6.10. The lowest BCUT2D eigenvalue weighted by Gasteiger charge is -2.07. The first kappa shape index (κ1) is 21.8. The molecule has 3 aromatic carbocycles. The molecule has 0 fully saturated rings. The van der Waals surface area contributed by atoms with Crippen LogP contribution in [0, 0.1) is 6.92 Å². The number of carbonyl (C=O) groups excluding carboxylic acids is 1. The van der Waals surface area contributed by atoms with Crippen LogP contribution in [0.15, 0.2) is 85.1 Å². The Labute approximate surface area is 197 Å². The number of aromatic amines is 1. The fraction of sp³-hybridized carbons (Fsp3) is 0.111. The zero-order valence-electron chi connectivity index (χ0n) is 17.9. The maximum Gasteiger partial charge on any atom is 0.337 e. The van der Waals surface area contributed by atoms with Crippen LogP contribution in [-0.2, 0) is 11.3 Å². The van der Waals surface area contributed by atoms with Gasteiger partial charge in [-0.2, -0.15) is 4.57 Å². The van der Waals surface area contributed by atoms with Gasteiger partial charge in [0.1, 0.15) is 5.52 Å². The summed E-state index contributed by atoms with van der Waals surface area (Å²) in [6, 6.07) is 26.7. The van der Waals surface area contributed by atoms with Crippen molar-refractivity contribution in [2.24, 2.45) is 0 Å². The summed E-state index contributed by atoms with van der Waals surface area (Å²) >= 11 is 0. The van der Waals surface area contributed by atoms with E-state index < -0.39 is 0 Å². The van der Waals surface area contributed by atoms with Crippen molar-refractivity contribution in [3.8, 4) is 11.3 Å². The Balaban J connectivity index is 0.00000245. The van der Waals surface area contributed by atoms with Crippen molar-refractivity contribution in [2.45, 2.75) is 13.5 Å². The van der Waals surface area contributed by atoms with Crippen LogP contribution in [0.2, 0.25) is 0 Å². The van der Waals surface area contributed by atoms with Crippen LogP contribution in [0.3, 0.4) is 0 Å². The number of ether oxygens (including phenoxy) is 1. The lowest BCUT2D eigenvalue weighted by Crippen LogP contribution is -3.00. The minimum absolute atomic E-state index is 0. The molecule has 2 heterocycles. The Hall–Kier alpha value is -3.44. The van der Waals surface area contributed by atoms with E-state index in [0.29, 0.717) is 5.56 Å². The van der Waals surface area contributed by atoms with Crippen LogP contribution in [0.4, 0.5) is 0 Å². The number of methoxy groups -OCH3 is 1. The predicted octanol–water partition coefficient (Wildman–Crippen LogP) is 2.42. The van der Waals surface area contributed by atoms with E-state index >= 15 is 0 Å². The number of carbonyl (C=O) groups is 1. The van der Waals surface area contributed by atoms with E-state index in [1.54, 1.807) is 0 Å². The molecule has 0 saturated heterocycles. The molecule has 1 N–H and O–H groups in total. The average Bonchev–Trinajstić information content (AvgIpc) is 3.18. The summed E-state index contributed by atoms with van der Waals surface area (Å²) in [6.07, 6.45) is 2.14. The normalized spacial score (nSPS) is 10.8. The number of rotatable bonds is 4. The smallest absolute Gasteiger partial charge is 0.337 e. The molecule has 4 nitrogen and oxygen atoms in total. The molecule has 0 aliphatic carbocycles. The van der Waals surface area contributed by atoms with Gasteiger partial charge in [-0.15, -0.1) is 0 Å². The van der Waals surface area contributed by atoms with E-state index in [9.17, 15) is 4.79 Å². The molecule has 0 spiro atoms. The van der Waals surface area contributed by atoms with E-state index in [4.69, 9.17) is 4.74 Å². The van der Waals surface area contributed by atoms with Crippen LogP contribution in [0.1, 0.15) is 21.5 Å². The molecule has 0 unspecified atom stereocenters. The highest BCUT2D eigenvalue weighted by atomic mass is 79.9. The second kappa shape index (κ2) is 8.97. The van der Waals surface area contributed by atoms with E-state index in [-0.39, 0.29) is 23.0 Å². The highest BCUT2D eigenvalue weighted by Crippen LogP contribution is 2.31. The number of pyridine rings is 1. The standard InChI is InChI=1S/C27H22N2O2.BrH/c1-18-7-9-19(10-8-18)17-29-16-15-23-22-5-3-4-6-24(22)28-25(23)26(29)20-11-13-21(14-12-20)27(30)31-2;/h3-16H,17H2,1-2H3;1H. The van der Waals surface area contributed by atoms with Gasteiger partial charge in [-0.25, -0.2) is 4.79 Å². The number of fused-ring (bicyclic) bond motifs is 3. The summed E-state index contributed by atoms with van der Waals surface area (Å²) in [6.45, 7) is 2.85. The van der Waals surface area contributed by atoms with Crippen LogP contribution in [0.5, 0.6) is 0 Å². The number of nitrogens with one attached hydrogen (secondary N) is 1. The molecule has 5 heteroatoms. The third kappa shape index (κ3) is 3.92. The van der Waals surface area contributed by atoms with E-state index in [0.717, 1.165) is 28.8 Å². The third-order valence-corrected chi connectivity index (χ3v) is 5.74. The molecule has 160 valence electrons. The van der Waals surface area contributed by atoms with Crippen molar-refractivity contribution in [1.82, 2.24) is 4.98 Å². The van der Waals surface area contributed by atoms with Crippen molar-refractivity contribution in [2.75, 3.05) is 7.11 Å². The number of benzene rings is 3. The molecular weight excluding hydrogens is 464 g/mol. The lowest BCUT2D eigenvalue weighted by molar-refractivity contribution is -0.676. The van der Waals surface area contributed by atoms with Crippen LogP contribution in [0.25, 0.3) is 33.1 Å². The first-order chi connectivity index (χ1) is 15.1. The van der Waals surface area contributed by atoms with Gasteiger partial charge in [0, 0.05) is 33.5 Å². The molecule has 0 amide bonds. The topological polar surface area (TPSA) is 46.0 Å². The van der Waals surface area contributed by atoms with Crippen LogP contribution < -0.4 is 21.5 Å². The second-order valence-electron chi connectivity index (χ2n) is 7.81. The third-order valence-electron chi connectivity index (χ3n) is 5.74. The van der Waals surface area contributed by atoms with Gasteiger partial charge in [-0.3, -0.25) is 0 Å². The summed E-state index contributed by atoms with van der Waals surface area (Å²) in [7, 11) is 1.40. The highest BCUT2D eigenvalue weighted by molar-refractivity contribution is 6.10. The average molecular weight is 487 g/mol. The number of para-hydroxylation sites is 1. The van der Waals surface area contributed by atoms with E-state index in [1.807, 2.05) is 30.3 Å². The molecule has 0 bridgehead atoms. The van der Waals surface area contributed by atoms with Gasteiger partial charge in [0.2, 0.25) is 5.69 Å². The maximum atomic E-state index is 11.9. The van der Waals surface area contributed by atoms with Crippen molar-refractivity contribution >= 4 is 27.8 Å². The van der Waals surface area contributed by atoms with Crippen molar-refractivity contribution in [3.05, 3.63) is 102 Å². The zero-order chi connectivity index (χ0) is 21.4. The Morgan fingerprint density at radius 1 is 0.906 bits per heavy atom. The summed E-state index contributed by atoms with van der Waals surface area (Å²) in [5, 5.41) is 2.38. The molecule has 0 aliphatic rings. The minimum atomic E-state index is -0.331. The Bertz CT molecular complexity index is 1400. The Morgan fingerprint density at radius 3 is 2.34 bits per heavy atom. The molecule has 0 saturated carbocycles. The molecule has 2 aromatic heterocycles. The predicted molar refractivity (Wildman–Crippen MR) is 123 cm³/mol. The zero-order valence-corrected chi connectivity index (χ0v) is 19.5. The summed E-state index contributed by atoms with van der Waals surface area (Å²) in [5.41, 5.74) is 7.35. The van der Waals surface area contributed by atoms with Crippen molar-refractivity contribution < 1.29 is 31.1 Å². The monoisotopic (exact) mass is 486 g/mol. The van der Waals surface area contributed by atoms with E-state index in [2.05, 4.69) is 71.2 Å². The van der Waals surface area contributed by atoms with Gasteiger partial charge in [0.15, 0.2) is 12.7 Å². The van der Waals surface area contributed by atoms with Gasteiger partial charge >= 0.3 is 5.97 Å². The number of nitrogens with zero attached hydrogens (tertiary/aromatic N) is 1. The largest absolute Gasteiger partial charge is 1.00 e. The SMILES string of the molecule is COC(=O)c1ccc(-c2c3[nH]c4ccccc4c3cc[n+]2Cc2ccc(C)cc2)cc1.[Br-]. The van der Waals surface area contributed by atoms with Gasteiger partial charge in [0.25, 0.3) is 0 Å². The van der Waals surface area contributed by atoms with E-state index in [1.165, 1.54) is 29.0 Å². The number of hydrogen-bond donors (Lipinski definition) is 1. The molecule has 0 aliphatic heterocycles. The molecule has 5 rings (SSSR count). The van der Waals surface area contributed by atoms with Crippen molar-refractivity contribution in [1.29, 1.82) is 0 Å². The molecular formula is C27H23BrN2O2. The summed E-state index contributed by atoms with van der Waals surface area (Å²) < 4.78 is 7.11. The quantitative estimate of drug-likeness (QED) is 0.313. The number of esters is 1. The van der Waals surface area contributed by atoms with Gasteiger partial charge in [0.05, 0.1) is 12.7 Å². The maximum absolute atomic E-state index is 11.9. The summed E-state index contributed by atoms with van der Waals surface area (Å²) in [4.78, 5) is 15.5. The molecule has 0 atom stereocenters. The number of halogens is 1.